The van der Waals surface area contributed by atoms with E-state index in [1.54, 1.807) is 24.3 Å². The van der Waals surface area contributed by atoms with Crippen LogP contribution in [0, 0.1) is 0 Å². The van der Waals surface area contributed by atoms with E-state index in [1.165, 1.54) is 84.9 Å². The zero-order valence-electron chi connectivity index (χ0n) is 39.2. The van der Waals surface area contributed by atoms with E-state index in [9.17, 15) is 47.9 Å². The van der Waals surface area contributed by atoms with Crippen LogP contribution in [0.3, 0.4) is 0 Å². The number of aromatic hydroxyl groups is 1. The third kappa shape index (κ3) is 14.7. The zero-order valence-corrected chi connectivity index (χ0v) is 46.5. The van der Waals surface area contributed by atoms with Crippen LogP contribution in [0.2, 0.25) is 0 Å². The SMILES string of the molecule is Nc1ccc(/N=N/c2ccc(/N=N/c3c(S(=O)(=O)[O-])cc4cc(S(=O)(=O)[O-])c(/N=N/c5ccc(/N=N/c6ccc(N)cc6N)cc5)c(O)c4c3N)cc2)c(N)c1.O=S(=O)(O)c1ccc2ccc(S(=O)(=O)O)cc2c1.[Na+].[Na+]. The summed E-state index contributed by atoms with van der Waals surface area (Å²) >= 11 is 0. The van der Waals surface area contributed by atoms with E-state index in [4.69, 9.17) is 37.8 Å². The Morgan fingerprint density at radius 1 is 0.395 bits per heavy atom. The molecule has 0 saturated heterocycles. The van der Waals surface area contributed by atoms with Gasteiger partial charge in [-0.05, 0) is 137 Å². The van der Waals surface area contributed by atoms with Crippen molar-refractivity contribution in [3.8, 4) is 5.75 Å². The number of nitrogen functional groups attached to an aromatic ring is 5. The summed E-state index contributed by atoms with van der Waals surface area (Å²) in [7, 11) is -19.4. The first kappa shape index (κ1) is 60.0. The second kappa shape index (κ2) is 24.0. The number of fused-ring (bicyclic) bond motifs is 2. The first-order valence-corrected chi connectivity index (χ1v) is 26.1. The molecule has 0 bridgehead atoms. The van der Waals surface area contributed by atoms with Crippen LogP contribution in [0.15, 0.2) is 194 Å². The molecule has 8 aromatic carbocycles. The maximum Gasteiger partial charge on any atom is 1.00 e. The van der Waals surface area contributed by atoms with Crippen molar-refractivity contribution in [1.29, 1.82) is 0 Å². The van der Waals surface area contributed by atoms with Gasteiger partial charge in [0, 0.05) is 11.4 Å². The molecular formula is C44H35N13Na2O13S4. The molecular weight excluding hydrogens is 1090 g/mol. The monoisotopic (exact) mass is 1130 g/mol. The standard InChI is InChI=1S/C34H29N13O7S2.C10H8O6S2.2Na/c35-18-1-11-26(24(37)15-18)44-40-20-3-7-22(8-4-20)42-46-32-28(55(49,50)51)13-17-14-29(56(52,53)54)33(34(48)30(17)31(32)39)47-43-23-9-5-21(6-10-23)41-45-27-12-2-19(36)16-25(27)38;11-17(12,13)9-3-1-7-2-4-10(18(14,15)16)6-8(7)5-9;;/h1-16,48H,35-39H2,(H,49,50,51)(H,52,53,54);1-6H,(H,11,12,13)(H,14,15,16);;/q;;2*+1/p-2/b44-40+,45-41+,46-42+,47-43+;;;. The zero-order chi connectivity index (χ0) is 53.9. The second-order valence-electron chi connectivity index (χ2n) is 15.3. The van der Waals surface area contributed by atoms with Crippen LogP contribution in [0.25, 0.3) is 21.5 Å². The van der Waals surface area contributed by atoms with Crippen molar-refractivity contribution in [1.82, 2.24) is 0 Å². The van der Waals surface area contributed by atoms with Gasteiger partial charge < -0.3 is 42.9 Å². The van der Waals surface area contributed by atoms with Gasteiger partial charge in [0.05, 0.1) is 64.8 Å². The minimum Gasteiger partial charge on any atom is -0.744 e. The molecule has 0 aliphatic rings. The fraction of sp³-hybridized carbons (Fsp3) is 0. The molecule has 0 heterocycles. The van der Waals surface area contributed by atoms with Crippen molar-refractivity contribution >= 4 is 136 Å². The fourth-order valence-electron chi connectivity index (χ4n) is 6.55. The number of hydrogen-bond donors (Lipinski definition) is 8. The molecule has 380 valence electrons. The van der Waals surface area contributed by atoms with E-state index >= 15 is 0 Å². The van der Waals surface area contributed by atoms with Crippen molar-refractivity contribution in [3.63, 3.8) is 0 Å². The maximum absolute atomic E-state index is 12.3. The summed E-state index contributed by atoms with van der Waals surface area (Å²) in [4.78, 5) is -2.79. The molecule has 0 aliphatic heterocycles. The molecule has 0 radical (unpaired) electrons. The molecule has 26 nitrogen and oxygen atoms in total. The smallest absolute Gasteiger partial charge is 0.744 e. The van der Waals surface area contributed by atoms with Crippen molar-refractivity contribution < 1.29 is 116 Å². The molecule has 8 rings (SSSR count). The Kier molecular flexibility index (Phi) is 18.9. The molecule has 0 saturated carbocycles. The summed E-state index contributed by atoms with van der Waals surface area (Å²) in [6.45, 7) is 0. The van der Waals surface area contributed by atoms with E-state index in [-0.39, 0.29) is 85.7 Å². The van der Waals surface area contributed by atoms with Crippen molar-refractivity contribution in [2.24, 2.45) is 40.9 Å². The number of nitrogens with zero attached hydrogens (tertiary/aromatic N) is 8. The molecule has 0 atom stereocenters. The fourth-order valence-corrected chi connectivity index (χ4v) is 8.89. The number of phenolic OH excluding ortho intramolecular Hbond substituents is 1. The van der Waals surface area contributed by atoms with Crippen LogP contribution < -0.4 is 87.8 Å². The molecule has 8 aromatic rings. The van der Waals surface area contributed by atoms with E-state index in [0.717, 1.165) is 12.1 Å². The molecule has 0 unspecified atom stereocenters. The van der Waals surface area contributed by atoms with Crippen LogP contribution in [-0.2, 0) is 40.5 Å². The summed E-state index contributed by atoms with van der Waals surface area (Å²) in [5.74, 6) is -0.979. The van der Waals surface area contributed by atoms with Crippen LogP contribution in [0.4, 0.5) is 73.9 Å². The Bertz CT molecular complexity index is 3900. The number of anilines is 5. The van der Waals surface area contributed by atoms with Gasteiger partial charge in [-0.3, -0.25) is 9.11 Å². The van der Waals surface area contributed by atoms with Gasteiger partial charge in [-0.2, -0.15) is 37.3 Å². The van der Waals surface area contributed by atoms with Gasteiger partial charge in [0.2, 0.25) is 0 Å². The van der Waals surface area contributed by atoms with Gasteiger partial charge >= 0.3 is 59.1 Å². The van der Waals surface area contributed by atoms with Crippen molar-refractivity contribution in [2.75, 3.05) is 28.7 Å². The van der Waals surface area contributed by atoms with Gasteiger partial charge in [-0.25, -0.2) is 16.8 Å². The average molecular weight is 1130 g/mol. The van der Waals surface area contributed by atoms with E-state index in [1.807, 2.05) is 0 Å². The van der Waals surface area contributed by atoms with Gasteiger partial charge in [-0.15, -0.1) is 20.5 Å². The third-order valence-electron chi connectivity index (χ3n) is 10.1. The summed E-state index contributed by atoms with van der Waals surface area (Å²) < 4.78 is 136. The number of azo groups is 4. The predicted octanol–water partition coefficient (Wildman–Crippen LogP) is 3.27. The number of hydrogen-bond acceptors (Lipinski definition) is 24. The Labute approximate surface area is 476 Å². The van der Waals surface area contributed by atoms with Crippen molar-refractivity contribution in [2.45, 2.75) is 19.6 Å². The molecule has 13 N–H and O–H groups in total. The Balaban J connectivity index is 0.000000450. The summed E-state index contributed by atoms with van der Waals surface area (Å²) in [5.41, 5.74) is 30.7. The summed E-state index contributed by atoms with van der Waals surface area (Å²) in [5, 5.41) is 43.3. The molecule has 0 aliphatic carbocycles. The second-order valence-corrected chi connectivity index (χ2v) is 20.8. The first-order chi connectivity index (χ1) is 34.6. The topological polar surface area (TPSA) is 472 Å². The minimum absolute atomic E-state index is 0. The van der Waals surface area contributed by atoms with Crippen molar-refractivity contribution in [3.05, 3.63) is 133 Å². The number of nitrogens with two attached hydrogens (primary N) is 5. The van der Waals surface area contributed by atoms with Crippen LogP contribution in [-0.4, -0.2) is 57.0 Å². The van der Waals surface area contributed by atoms with E-state index in [0.29, 0.717) is 63.0 Å². The maximum atomic E-state index is 12.3. The predicted molar refractivity (Wildman–Crippen MR) is 270 cm³/mol. The van der Waals surface area contributed by atoms with E-state index < -0.39 is 83.8 Å². The third-order valence-corrected chi connectivity index (χ3v) is 13.5. The summed E-state index contributed by atoms with van der Waals surface area (Å²) in [6.07, 6.45) is 0. The normalized spacial score (nSPS) is 12.3. The van der Waals surface area contributed by atoms with Crippen LogP contribution in [0.1, 0.15) is 0 Å². The van der Waals surface area contributed by atoms with E-state index in [2.05, 4.69) is 40.9 Å². The van der Waals surface area contributed by atoms with Gasteiger partial charge in [0.25, 0.3) is 20.2 Å². The van der Waals surface area contributed by atoms with Gasteiger partial charge in [0.15, 0.2) is 5.75 Å². The van der Waals surface area contributed by atoms with Gasteiger partial charge in [-0.1, -0.05) is 12.1 Å². The molecule has 0 spiro atoms. The molecule has 76 heavy (non-hydrogen) atoms. The Hall–Kier alpha value is -6.88. The summed E-state index contributed by atoms with van der Waals surface area (Å²) in [6, 6.07) is 30.1. The Morgan fingerprint density at radius 3 is 1.11 bits per heavy atom. The molecule has 0 amide bonds. The van der Waals surface area contributed by atoms with Crippen LogP contribution in [0.5, 0.6) is 5.75 Å². The molecule has 0 fully saturated rings. The number of rotatable bonds is 12. The van der Waals surface area contributed by atoms with Gasteiger partial charge in [0.1, 0.15) is 43.0 Å². The quantitative estimate of drug-likeness (QED) is 0.0376. The molecule has 32 heteroatoms. The first-order valence-electron chi connectivity index (χ1n) is 20.4. The number of benzene rings is 8. The molecule has 0 aromatic heterocycles. The minimum atomic E-state index is -5.39. The Morgan fingerprint density at radius 2 is 0.750 bits per heavy atom. The average Bonchev–Trinajstić information content (AvgIpc) is 3.32. The number of phenols is 1. The largest absolute Gasteiger partial charge is 1.00 e. The van der Waals surface area contributed by atoms with Crippen LogP contribution >= 0.6 is 0 Å².